The van der Waals surface area contributed by atoms with E-state index < -0.39 is 0 Å². The molecule has 2 rings (SSSR count). The predicted octanol–water partition coefficient (Wildman–Crippen LogP) is 3.29. The molecule has 0 saturated carbocycles. The van der Waals surface area contributed by atoms with E-state index in [0.29, 0.717) is 15.0 Å². The summed E-state index contributed by atoms with van der Waals surface area (Å²) in [4.78, 5) is 0. The van der Waals surface area contributed by atoms with Gasteiger partial charge in [0.1, 0.15) is 0 Å². The minimum absolute atomic E-state index is 0.211. The normalized spacial score (nSPS) is 19.1. The van der Waals surface area contributed by atoms with Crippen LogP contribution in [0.5, 0.6) is 0 Å². The Balaban J connectivity index is 1.90. The molecule has 0 saturated heterocycles. The van der Waals surface area contributed by atoms with E-state index in [9.17, 15) is 5.21 Å². The molecule has 1 heterocycles. The summed E-state index contributed by atoms with van der Waals surface area (Å²) in [6.45, 7) is 3.74. The van der Waals surface area contributed by atoms with Gasteiger partial charge in [-0.05, 0) is 0 Å². The molecule has 3 heteroatoms. The van der Waals surface area contributed by atoms with Crippen LogP contribution >= 0.6 is 0 Å². The number of unbranched alkanes of at least 4 members (excludes halogenated alkanes) is 1. The van der Waals surface area contributed by atoms with Gasteiger partial charge in [-0.1, -0.05) is 0 Å². The van der Waals surface area contributed by atoms with E-state index in [4.69, 9.17) is 0 Å². The molecule has 2 nitrogen and oxygen atoms in total. The number of hydroxylamine groups is 1. The standard InChI is InChI=1S/C17H23NOSe/c1-2-3-5-9-15-10-8-11-16(18(15)19)14-20-17-12-6-4-7-13-17/h2,4,6-7,12-13,16H,1,3,5,8-11,14H2. The summed E-state index contributed by atoms with van der Waals surface area (Å²) < 4.78 is 2.74. The van der Waals surface area contributed by atoms with E-state index in [-0.39, 0.29) is 6.04 Å². The molecule has 0 fully saturated rings. The Bertz CT molecular complexity index is 455. The van der Waals surface area contributed by atoms with Crippen LogP contribution < -0.4 is 4.46 Å². The molecule has 0 bridgehead atoms. The monoisotopic (exact) mass is 337 g/mol. The second-order valence-electron chi connectivity index (χ2n) is 5.24. The Morgan fingerprint density at radius 2 is 2.15 bits per heavy atom. The zero-order valence-electron chi connectivity index (χ0n) is 12.0. The van der Waals surface area contributed by atoms with Crippen molar-refractivity contribution in [3.63, 3.8) is 0 Å². The van der Waals surface area contributed by atoms with Gasteiger partial charge in [-0.25, -0.2) is 0 Å². The zero-order chi connectivity index (χ0) is 14.2. The third-order valence-corrected chi connectivity index (χ3v) is 6.13. The number of rotatable bonds is 7. The van der Waals surface area contributed by atoms with Crippen LogP contribution in [0.2, 0.25) is 5.32 Å². The number of hydrogen-bond acceptors (Lipinski definition) is 1. The third-order valence-electron chi connectivity index (χ3n) is 3.71. The van der Waals surface area contributed by atoms with Gasteiger partial charge in [0, 0.05) is 0 Å². The van der Waals surface area contributed by atoms with Crippen molar-refractivity contribution < 1.29 is 4.74 Å². The Morgan fingerprint density at radius 3 is 2.90 bits per heavy atom. The molecule has 1 unspecified atom stereocenters. The van der Waals surface area contributed by atoms with Crippen molar-refractivity contribution in [3.05, 3.63) is 48.2 Å². The summed E-state index contributed by atoms with van der Waals surface area (Å²) in [5, 5.41) is 13.4. The van der Waals surface area contributed by atoms with Crippen molar-refractivity contribution in [1.29, 1.82) is 0 Å². The van der Waals surface area contributed by atoms with Crippen LogP contribution in [0.3, 0.4) is 0 Å². The van der Waals surface area contributed by atoms with Crippen molar-refractivity contribution in [2.75, 3.05) is 0 Å². The Kier molecular flexibility index (Phi) is 6.35. The van der Waals surface area contributed by atoms with E-state index in [1.165, 1.54) is 15.6 Å². The molecule has 1 aliphatic rings. The molecule has 0 N–H and O–H groups in total. The molecular weight excluding hydrogens is 313 g/mol. The number of nitrogens with zero attached hydrogens (tertiary/aromatic N) is 1. The first-order valence-electron chi connectivity index (χ1n) is 7.41. The summed E-state index contributed by atoms with van der Waals surface area (Å²) in [5.41, 5.74) is 1.12. The molecule has 1 aromatic rings. The molecule has 0 radical (unpaired) electrons. The summed E-state index contributed by atoms with van der Waals surface area (Å²) in [7, 11) is 0. The van der Waals surface area contributed by atoms with Gasteiger partial charge in [0.25, 0.3) is 0 Å². The Labute approximate surface area is 128 Å². The molecule has 1 aromatic carbocycles. The van der Waals surface area contributed by atoms with Crippen LogP contribution in [0.15, 0.2) is 43.0 Å². The second-order valence-corrected chi connectivity index (χ2v) is 7.54. The number of allylic oxidation sites excluding steroid dienone is 1. The van der Waals surface area contributed by atoms with Gasteiger partial charge in [-0.3, -0.25) is 0 Å². The van der Waals surface area contributed by atoms with Crippen LogP contribution in [-0.2, 0) is 0 Å². The maximum atomic E-state index is 12.4. The molecule has 0 aromatic heterocycles. The Morgan fingerprint density at radius 1 is 1.35 bits per heavy atom. The van der Waals surface area contributed by atoms with Crippen molar-refractivity contribution in [2.45, 2.75) is 49.9 Å². The summed E-state index contributed by atoms with van der Waals surface area (Å²) in [5.74, 6) is 0. The first kappa shape index (κ1) is 15.3. The molecule has 0 amide bonds. The molecule has 20 heavy (non-hydrogen) atoms. The quantitative estimate of drug-likeness (QED) is 0.247. The average Bonchev–Trinajstić information content (AvgIpc) is 2.49. The van der Waals surface area contributed by atoms with Gasteiger partial charge in [-0.15, -0.1) is 0 Å². The average molecular weight is 336 g/mol. The maximum absolute atomic E-state index is 12.4. The zero-order valence-corrected chi connectivity index (χ0v) is 13.7. The van der Waals surface area contributed by atoms with Gasteiger partial charge in [0.2, 0.25) is 0 Å². The van der Waals surface area contributed by atoms with Crippen LogP contribution in [0.1, 0.15) is 38.5 Å². The molecule has 0 spiro atoms. The van der Waals surface area contributed by atoms with E-state index >= 15 is 0 Å². The predicted molar refractivity (Wildman–Crippen MR) is 87.0 cm³/mol. The van der Waals surface area contributed by atoms with Gasteiger partial charge in [-0.2, -0.15) is 0 Å². The summed E-state index contributed by atoms with van der Waals surface area (Å²) in [6, 6.07) is 10.8. The van der Waals surface area contributed by atoms with Gasteiger partial charge in [0.15, 0.2) is 0 Å². The second kappa shape index (κ2) is 8.28. The topological polar surface area (TPSA) is 26.1 Å². The van der Waals surface area contributed by atoms with E-state index in [0.717, 1.165) is 43.1 Å². The fourth-order valence-electron chi connectivity index (χ4n) is 2.57. The summed E-state index contributed by atoms with van der Waals surface area (Å²) in [6.07, 6.45) is 8.19. The van der Waals surface area contributed by atoms with Crippen molar-refractivity contribution in [3.8, 4) is 0 Å². The first-order valence-corrected chi connectivity index (χ1v) is 9.48. The molecule has 108 valence electrons. The minimum atomic E-state index is 0.211. The van der Waals surface area contributed by atoms with Gasteiger partial charge < -0.3 is 0 Å². The molecule has 1 atom stereocenters. The van der Waals surface area contributed by atoms with Crippen LogP contribution in [-0.4, -0.2) is 31.4 Å². The van der Waals surface area contributed by atoms with Crippen LogP contribution in [0.4, 0.5) is 0 Å². The number of hydrogen-bond donors (Lipinski definition) is 0. The van der Waals surface area contributed by atoms with E-state index in [1.54, 1.807) is 0 Å². The first-order chi connectivity index (χ1) is 9.81. The van der Waals surface area contributed by atoms with Gasteiger partial charge in [0.05, 0.1) is 0 Å². The van der Waals surface area contributed by atoms with Crippen molar-refractivity contribution in [1.82, 2.24) is 0 Å². The SMILES string of the molecule is C=CCCCC1=[N+]([O-])C(C[Se]c2ccccc2)CCC1. The van der Waals surface area contributed by atoms with Crippen LogP contribution in [0.25, 0.3) is 0 Å². The molecule has 1 aliphatic heterocycles. The third kappa shape index (κ3) is 4.50. The molecule has 0 aliphatic carbocycles. The van der Waals surface area contributed by atoms with Crippen molar-refractivity contribution >= 4 is 25.1 Å². The van der Waals surface area contributed by atoms with E-state index in [1.807, 2.05) is 12.1 Å². The Hall–Kier alpha value is -1.05. The molecular formula is C17H23NOSe. The summed E-state index contributed by atoms with van der Waals surface area (Å²) >= 11 is 0.415. The fourth-order valence-corrected chi connectivity index (χ4v) is 4.75. The fraction of sp³-hybridized carbons (Fsp3) is 0.471. The van der Waals surface area contributed by atoms with Crippen LogP contribution in [0, 0.1) is 5.21 Å². The van der Waals surface area contributed by atoms with Gasteiger partial charge >= 0.3 is 128 Å². The van der Waals surface area contributed by atoms with Crippen molar-refractivity contribution in [2.24, 2.45) is 0 Å². The number of benzene rings is 1. The van der Waals surface area contributed by atoms with E-state index in [2.05, 4.69) is 30.8 Å².